The molecule has 0 spiro atoms. The average Bonchev–Trinajstić information content (AvgIpc) is 4.33. The highest BCUT2D eigenvalue weighted by Crippen LogP contribution is 2.42. The quantitative estimate of drug-likeness (QED) is 0.167. The van der Waals surface area contributed by atoms with Crippen LogP contribution < -0.4 is 0 Å². The molecule has 12 rings (SSSR count). The first-order chi connectivity index (χ1) is 37.1. The van der Waals surface area contributed by atoms with Crippen LogP contribution in [-0.2, 0) is 0 Å². The first kappa shape index (κ1) is 17.5. The predicted octanol–water partition coefficient (Wildman–Crippen LogP) is 14.3. The van der Waals surface area contributed by atoms with Crippen LogP contribution in [0.3, 0.4) is 0 Å². The van der Waals surface area contributed by atoms with Crippen molar-refractivity contribution in [3.8, 4) is 39.3 Å². The molecule has 0 N–H and O–H groups in total. The van der Waals surface area contributed by atoms with Crippen molar-refractivity contribution < 1.29 is 28.8 Å². The Balaban J connectivity index is 1.30. The van der Waals surface area contributed by atoms with E-state index in [0.29, 0.717) is 11.3 Å². The Bertz CT molecular complexity index is 4740. The molecule has 0 unspecified atom stereocenters. The summed E-state index contributed by atoms with van der Waals surface area (Å²) in [7, 11) is 0. The molecular weight excluding hydrogens is 691 g/mol. The van der Waals surface area contributed by atoms with Crippen LogP contribution in [0.4, 0.5) is 0 Å². The number of rotatable bonds is 5. The second-order valence-electron chi connectivity index (χ2n) is 13.3. The van der Waals surface area contributed by atoms with Gasteiger partial charge in [-0.2, -0.15) is 0 Å². The fraction of sp³-hybridized carbons (Fsp3) is 0. The maximum Gasteiger partial charge on any atom is 0.0782 e. The summed E-state index contributed by atoms with van der Waals surface area (Å²) in [6.07, 6.45) is 0. The van der Waals surface area contributed by atoms with Crippen molar-refractivity contribution in [2.75, 3.05) is 0 Å². The number of benzene rings is 9. The Hall–Kier alpha value is -7.62. The van der Waals surface area contributed by atoms with Gasteiger partial charge >= 0.3 is 0 Å². The van der Waals surface area contributed by atoms with Gasteiger partial charge in [-0.1, -0.05) is 139 Å². The minimum Gasteiger partial charge on any atom is -0.309 e. The molecule has 0 aliphatic carbocycles. The summed E-state index contributed by atoms with van der Waals surface area (Å²) in [5.41, 5.74) is -1.45. The molecule has 3 nitrogen and oxygen atoms in total. The van der Waals surface area contributed by atoms with Gasteiger partial charge in [0.2, 0.25) is 0 Å². The summed E-state index contributed by atoms with van der Waals surface area (Å²) in [4.78, 5) is 0. The van der Waals surface area contributed by atoms with Gasteiger partial charge in [0.1, 0.15) is 0 Å². The van der Waals surface area contributed by atoms with E-state index in [0.717, 1.165) is 10.1 Å². The SMILES string of the molecule is [2H]c1c([2H])c([2H])c2c(c1[2H])c1c([2H])c(-c3c([2H])c([2H])c4c(c3[2H])c3c([2H])c([2H])c([2H])c([2H])c3n4-c3c([2H])c([2H])c([2H])c4c5c([2H])c([2H])c([2H])c([2H])c5n(-c5cccc(-c6ccccc6)c5)c34)c([2H])c([2H])c1n2-c1ccccc1. The summed E-state index contributed by atoms with van der Waals surface area (Å²) in [5, 5.41) is -1.86. The lowest BCUT2D eigenvalue weighted by Gasteiger charge is -2.15. The lowest BCUT2D eigenvalue weighted by molar-refractivity contribution is 1.13. The van der Waals surface area contributed by atoms with Gasteiger partial charge in [-0.25, -0.2) is 0 Å². The Morgan fingerprint density at radius 1 is 0.316 bits per heavy atom. The summed E-state index contributed by atoms with van der Waals surface area (Å²) in [6, 6.07) is 9.33. The number of aromatic nitrogens is 3. The molecule has 266 valence electrons. The summed E-state index contributed by atoms with van der Waals surface area (Å²) >= 11 is 0. The zero-order valence-electron chi connectivity index (χ0n) is 50.4. The van der Waals surface area contributed by atoms with Crippen molar-refractivity contribution in [1.29, 1.82) is 0 Å². The van der Waals surface area contributed by atoms with Crippen LogP contribution in [0.1, 0.15) is 28.8 Å². The van der Waals surface area contributed by atoms with Crippen LogP contribution in [0.2, 0.25) is 0 Å². The van der Waals surface area contributed by atoms with Crippen molar-refractivity contribution in [3.63, 3.8) is 0 Å². The maximum atomic E-state index is 10.1. The first-order valence-corrected chi connectivity index (χ1v) is 17.9. The lowest BCUT2D eigenvalue weighted by Crippen LogP contribution is -2.00. The van der Waals surface area contributed by atoms with E-state index in [-0.39, 0.29) is 49.3 Å². The Labute approximate surface area is 359 Å². The molecule has 0 radical (unpaired) electrons. The number of hydrogen-bond donors (Lipinski definition) is 0. The third-order valence-electron chi connectivity index (χ3n) is 10.2. The van der Waals surface area contributed by atoms with Crippen LogP contribution in [0.15, 0.2) is 212 Å². The average molecular weight is 747 g/mol. The van der Waals surface area contributed by atoms with Crippen molar-refractivity contribution in [3.05, 3.63) is 212 Å². The van der Waals surface area contributed by atoms with Crippen LogP contribution >= 0.6 is 0 Å². The predicted molar refractivity (Wildman–Crippen MR) is 240 cm³/mol. The van der Waals surface area contributed by atoms with E-state index in [1.807, 2.05) is 30.3 Å². The number of fused-ring (bicyclic) bond motifs is 9. The Kier molecular flexibility index (Phi) is 3.81. The molecular formula is C54H35N3. The summed E-state index contributed by atoms with van der Waals surface area (Å²) in [6.45, 7) is 0. The highest BCUT2D eigenvalue weighted by atomic mass is 15.1. The summed E-state index contributed by atoms with van der Waals surface area (Å²) < 4.78 is 200. The third kappa shape index (κ3) is 4.79. The molecule has 0 amide bonds. The lowest BCUT2D eigenvalue weighted by atomic mass is 10.0. The van der Waals surface area contributed by atoms with Crippen LogP contribution in [0, 0.1) is 0 Å². The molecule has 12 aromatic rings. The van der Waals surface area contributed by atoms with Gasteiger partial charge in [0.15, 0.2) is 0 Å². The molecule has 3 heterocycles. The van der Waals surface area contributed by atoms with E-state index in [2.05, 4.69) is 0 Å². The molecule has 0 fully saturated rings. The van der Waals surface area contributed by atoms with Crippen molar-refractivity contribution in [2.45, 2.75) is 0 Å². The summed E-state index contributed by atoms with van der Waals surface area (Å²) in [5.74, 6) is 0. The minimum absolute atomic E-state index is 0.129. The van der Waals surface area contributed by atoms with Gasteiger partial charge < -0.3 is 13.7 Å². The van der Waals surface area contributed by atoms with E-state index >= 15 is 0 Å². The molecule has 0 aliphatic heterocycles. The number of hydrogen-bond acceptors (Lipinski definition) is 0. The third-order valence-corrected chi connectivity index (χ3v) is 10.2. The molecule has 0 aliphatic rings. The minimum atomic E-state index is -0.872. The van der Waals surface area contributed by atoms with E-state index < -0.39 is 166 Å². The maximum absolute atomic E-state index is 10.1. The molecule has 3 aromatic heterocycles. The molecule has 3 heteroatoms. The van der Waals surface area contributed by atoms with Gasteiger partial charge in [0, 0.05) is 43.7 Å². The Morgan fingerprint density at radius 3 is 1.47 bits per heavy atom. The van der Waals surface area contributed by atoms with Gasteiger partial charge in [-0.3, -0.25) is 0 Å². The zero-order valence-corrected chi connectivity index (χ0v) is 29.4. The second kappa shape index (κ2) is 12.5. The van der Waals surface area contributed by atoms with Crippen LogP contribution in [0.5, 0.6) is 0 Å². The zero-order chi connectivity index (χ0) is 55.7. The van der Waals surface area contributed by atoms with Crippen LogP contribution in [-0.4, -0.2) is 13.7 Å². The van der Waals surface area contributed by atoms with E-state index in [1.54, 1.807) is 54.6 Å². The van der Waals surface area contributed by atoms with Gasteiger partial charge in [0.25, 0.3) is 0 Å². The second-order valence-corrected chi connectivity index (χ2v) is 13.3. The standard InChI is InChI=1S/C54H35N3/c1-3-15-36(16-4-1)37-17-13-20-41(33-37)56-49-26-11-7-21-42(49)45-24-14-28-53(54(45)56)57-50-27-12-9-23-44(50)47-35-39(30-32-52(47)57)38-29-31-51-46(34-38)43-22-8-10-25-48(43)55(51)40-18-5-2-6-19-40/h1-35H/i7D,8D,9D,10D,11D,12D,14D,21D,22D,23D,24D,25D,26D,27D,28D,29D,30D,31D,32D,34D,35D. The number of para-hydroxylation sites is 5. The van der Waals surface area contributed by atoms with E-state index in [1.165, 1.54) is 9.13 Å². The van der Waals surface area contributed by atoms with Gasteiger partial charge in [0.05, 0.1) is 67.6 Å². The Morgan fingerprint density at radius 2 is 0.807 bits per heavy atom. The highest BCUT2D eigenvalue weighted by Gasteiger charge is 2.21. The van der Waals surface area contributed by atoms with Gasteiger partial charge in [-0.15, -0.1) is 0 Å². The highest BCUT2D eigenvalue weighted by molar-refractivity contribution is 6.16. The van der Waals surface area contributed by atoms with E-state index in [4.69, 9.17) is 11.0 Å². The molecule has 0 atom stereocenters. The fourth-order valence-corrected chi connectivity index (χ4v) is 7.77. The largest absolute Gasteiger partial charge is 0.309 e. The molecule has 0 bridgehead atoms. The first-order valence-electron chi connectivity index (χ1n) is 28.4. The fourth-order valence-electron chi connectivity index (χ4n) is 7.77. The van der Waals surface area contributed by atoms with E-state index in [9.17, 15) is 17.8 Å². The molecule has 9 aromatic carbocycles. The smallest absolute Gasteiger partial charge is 0.0782 e. The normalized spacial score (nSPS) is 17.0. The van der Waals surface area contributed by atoms with Gasteiger partial charge in [-0.05, 0) is 94.9 Å². The van der Waals surface area contributed by atoms with Crippen LogP contribution in [0.25, 0.3) is 105 Å². The molecule has 57 heavy (non-hydrogen) atoms. The van der Waals surface area contributed by atoms with Crippen molar-refractivity contribution in [1.82, 2.24) is 13.7 Å². The monoisotopic (exact) mass is 746 g/mol. The van der Waals surface area contributed by atoms with Crippen molar-refractivity contribution >= 4 is 65.4 Å². The molecule has 0 saturated heterocycles. The van der Waals surface area contributed by atoms with Crippen molar-refractivity contribution in [2.24, 2.45) is 0 Å². The number of nitrogens with zero attached hydrogens (tertiary/aromatic N) is 3. The molecule has 0 saturated carbocycles. The topological polar surface area (TPSA) is 14.8 Å².